The minimum Gasteiger partial charge on any atom is -0.372 e. The van der Waals surface area contributed by atoms with Crippen LogP contribution in [-0.4, -0.2) is 29.9 Å². The van der Waals surface area contributed by atoms with E-state index in [2.05, 4.69) is 40.4 Å². The second kappa shape index (κ2) is 8.52. The first-order valence-electron chi connectivity index (χ1n) is 9.40. The Morgan fingerprint density at radius 1 is 1.22 bits per heavy atom. The Hall–Kier alpha value is -2.41. The van der Waals surface area contributed by atoms with E-state index in [1.807, 2.05) is 24.4 Å². The molecule has 2 amide bonds. The standard InChI is InChI=1S/C20H26N4O2S/c1-4-24(5-2)16-8-9-17(13(3)10-16)22-18(25)11-15-12-27-20(21-15)23-19(26)14-6-7-14/h8-10,12,14H,4-7,11H2,1-3H3,(H,22,25)(H,21,23,26). The van der Waals surface area contributed by atoms with E-state index in [4.69, 9.17) is 0 Å². The lowest BCUT2D eigenvalue weighted by molar-refractivity contribution is -0.117. The van der Waals surface area contributed by atoms with Crippen LogP contribution in [0.3, 0.4) is 0 Å². The molecule has 0 aliphatic heterocycles. The molecule has 27 heavy (non-hydrogen) atoms. The largest absolute Gasteiger partial charge is 0.372 e. The van der Waals surface area contributed by atoms with Crippen LogP contribution in [-0.2, 0) is 16.0 Å². The van der Waals surface area contributed by atoms with E-state index in [1.54, 1.807) is 0 Å². The van der Waals surface area contributed by atoms with Crippen molar-refractivity contribution in [1.82, 2.24) is 4.98 Å². The number of amides is 2. The Morgan fingerprint density at radius 3 is 2.59 bits per heavy atom. The quantitative estimate of drug-likeness (QED) is 0.723. The summed E-state index contributed by atoms with van der Waals surface area (Å²) in [6, 6.07) is 6.07. The zero-order valence-corrected chi connectivity index (χ0v) is 16.9. The molecule has 0 atom stereocenters. The zero-order chi connectivity index (χ0) is 19.4. The number of carbonyl (C=O) groups is 2. The molecule has 2 N–H and O–H groups in total. The van der Waals surface area contributed by atoms with Crippen molar-refractivity contribution in [2.75, 3.05) is 28.6 Å². The fourth-order valence-corrected chi connectivity index (χ4v) is 3.64. The van der Waals surface area contributed by atoms with E-state index in [1.165, 1.54) is 11.3 Å². The highest BCUT2D eigenvalue weighted by Crippen LogP contribution is 2.30. The van der Waals surface area contributed by atoms with Gasteiger partial charge in [-0.15, -0.1) is 11.3 Å². The van der Waals surface area contributed by atoms with Crippen LogP contribution >= 0.6 is 11.3 Å². The van der Waals surface area contributed by atoms with Gasteiger partial charge in [0.1, 0.15) is 0 Å². The molecule has 1 aliphatic carbocycles. The van der Waals surface area contributed by atoms with Crippen molar-refractivity contribution in [3.8, 4) is 0 Å². The molecule has 1 fully saturated rings. The smallest absolute Gasteiger partial charge is 0.230 e. The number of rotatable bonds is 8. The molecule has 0 saturated heterocycles. The van der Waals surface area contributed by atoms with Crippen molar-refractivity contribution >= 4 is 39.7 Å². The molecule has 6 nitrogen and oxygen atoms in total. The number of hydrogen-bond acceptors (Lipinski definition) is 5. The minimum atomic E-state index is -0.112. The van der Waals surface area contributed by atoms with Crippen LogP contribution in [0, 0.1) is 12.8 Å². The molecule has 1 heterocycles. The highest BCUT2D eigenvalue weighted by atomic mass is 32.1. The van der Waals surface area contributed by atoms with Gasteiger partial charge in [-0.1, -0.05) is 0 Å². The summed E-state index contributed by atoms with van der Waals surface area (Å²) in [5, 5.41) is 8.16. The highest BCUT2D eigenvalue weighted by molar-refractivity contribution is 7.13. The summed E-state index contributed by atoms with van der Waals surface area (Å²) in [7, 11) is 0. The Balaban J connectivity index is 1.57. The predicted octanol–water partition coefficient (Wildman–Crippen LogP) is 3.83. The predicted molar refractivity (Wildman–Crippen MR) is 111 cm³/mol. The van der Waals surface area contributed by atoms with Crippen molar-refractivity contribution < 1.29 is 9.59 Å². The van der Waals surface area contributed by atoms with Gasteiger partial charge in [-0.25, -0.2) is 4.98 Å². The van der Waals surface area contributed by atoms with Crippen LogP contribution in [0.15, 0.2) is 23.6 Å². The number of aromatic nitrogens is 1. The minimum absolute atomic E-state index is 0.0317. The van der Waals surface area contributed by atoms with Crippen LogP contribution < -0.4 is 15.5 Å². The van der Waals surface area contributed by atoms with E-state index in [0.29, 0.717) is 10.8 Å². The molecule has 1 aliphatic rings. The summed E-state index contributed by atoms with van der Waals surface area (Å²) in [6.07, 6.45) is 2.10. The molecule has 144 valence electrons. The van der Waals surface area contributed by atoms with E-state index in [-0.39, 0.29) is 24.2 Å². The number of nitrogens with zero attached hydrogens (tertiary/aromatic N) is 2. The Labute approximate surface area is 164 Å². The Kier molecular flexibility index (Phi) is 6.11. The first-order valence-corrected chi connectivity index (χ1v) is 10.3. The number of thiazole rings is 1. The van der Waals surface area contributed by atoms with Gasteiger partial charge in [0.05, 0.1) is 12.1 Å². The lowest BCUT2D eigenvalue weighted by Gasteiger charge is -2.22. The summed E-state index contributed by atoms with van der Waals surface area (Å²) in [5.41, 5.74) is 3.67. The SMILES string of the molecule is CCN(CC)c1ccc(NC(=O)Cc2csc(NC(=O)C3CC3)n2)c(C)c1. The Morgan fingerprint density at radius 2 is 1.96 bits per heavy atom. The second-order valence-corrected chi connectivity index (χ2v) is 7.66. The highest BCUT2D eigenvalue weighted by Gasteiger charge is 2.30. The molecule has 2 aromatic rings. The molecule has 1 aromatic heterocycles. The molecular formula is C20H26N4O2S. The number of carbonyl (C=O) groups excluding carboxylic acids is 2. The lowest BCUT2D eigenvalue weighted by Crippen LogP contribution is -2.22. The molecular weight excluding hydrogens is 360 g/mol. The van der Waals surface area contributed by atoms with Crippen molar-refractivity contribution in [2.45, 2.75) is 40.0 Å². The topological polar surface area (TPSA) is 74.3 Å². The third kappa shape index (κ3) is 5.07. The van der Waals surface area contributed by atoms with Gasteiger partial charge in [0, 0.05) is 35.8 Å². The summed E-state index contributed by atoms with van der Waals surface area (Å²) in [6.45, 7) is 8.15. The van der Waals surface area contributed by atoms with Crippen molar-refractivity contribution in [3.05, 3.63) is 34.8 Å². The monoisotopic (exact) mass is 386 g/mol. The van der Waals surface area contributed by atoms with Gasteiger partial charge in [0.15, 0.2) is 5.13 Å². The maximum absolute atomic E-state index is 12.4. The van der Waals surface area contributed by atoms with Crippen molar-refractivity contribution in [1.29, 1.82) is 0 Å². The molecule has 7 heteroatoms. The van der Waals surface area contributed by atoms with Crippen LogP contribution in [0.2, 0.25) is 0 Å². The number of benzene rings is 1. The lowest BCUT2D eigenvalue weighted by atomic mass is 10.1. The van der Waals surface area contributed by atoms with E-state index < -0.39 is 0 Å². The van der Waals surface area contributed by atoms with Gasteiger partial charge < -0.3 is 15.5 Å². The first-order chi connectivity index (χ1) is 13.0. The van der Waals surface area contributed by atoms with Crippen molar-refractivity contribution in [3.63, 3.8) is 0 Å². The average Bonchev–Trinajstić information content (AvgIpc) is 3.40. The fourth-order valence-electron chi connectivity index (χ4n) is 2.93. The molecule has 0 spiro atoms. The molecule has 0 unspecified atom stereocenters. The Bertz CT molecular complexity index is 825. The fraction of sp³-hybridized carbons (Fsp3) is 0.450. The van der Waals surface area contributed by atoms with Gasteiger partial charge in [-0.05, 0) is 57.4 Å². The second-order valence-electron chi connectivity index (χ2n) is 6.80. The van der Waals surface area contributed by atoms with E-state index in [9.17, 15) is 9.59 Å². The van der Waals surface area contributed by atoms with E-state index in [0.717, 1.165) is 42.9 Å². The van der Waals surface area contributed by atoms with Crippen LogP contribution in [0.1, 0.15) is 37.9 Å². The summed E-state index contributed by atoms with van der Waals surface area (Å²) >= 11 is 1.36. The van der Waals surface area contributed by atoms with Gasteiger partial charge in [-0.3, -0.25) is 9.59 Å². The zero-order valence-electron chi connectivity index (χ0n) is 16.0. The van der Waals surface area contributed by atoms with E-state index >= 15 is 0 Å². The molecule has 1 aromatic carbocycles. The summed E-state index contributed by atoms with van der Waals surface area (Å²) in [5.74, 6) is 0.0614. The first kappa shape index (κ1) is 19.4. The van der Waals surface area contributed by atoms with Crippen molar-refractivity contribution in [2.24, 2.45) is 5.92 Å². The molecule has 0 radical (unpaired) electrons. The normalized spacial score (nSPS) is 13.3. The number of anilines is 3. The maximum Gasteiger partial charge on any atom is 0.230 e. The molecule has 1 saturated carbocycles. The van der Waals surface area contributed by atoms with Gasteiger partial charge >= 0.3 is 0 Å². The van der Waals surface area contributed by atoms with Crippen LogP contribution in [0.5, 0.6) is 0 Å². The number of aryl methyl sites for hydroxylation is 1. The maximum atomic E-state index is 12.4. The number of hydrogen-bond donors (Lipinski definition) is 2. The third-order valence-electron chi connectivity index (χ3n) is 4.68. The average molecular weight is 387 g/mol. The van der Waals surface area contributed by atoms with Crippen LogP contribution in [0.4, 0.5) is 16.5 Å². The molecule has 0 bridgehead atoms. The summed E-state index contributed by atoms with van der Waals surface area (Å²) in [4.78, 5) is 30.8. The third-order valence-corrected chi connectivity index (χ3v) is 5.49. The van der Waals surface area contributed by atoms with Gasteiger partial charge in [0.25, 0.3) is 0 Å². The molecule has 3 rings (SSSR count). The summed E-state index contributed by atoms with van der Waals surface area (Å²) < 4.78 is 0. The van der Waals surface area contributed by atoms with Gasteiger partial charge in [-0.2, -0.15) is 0 Å². The van der Waals surface area contributed by atoms with Gasteiger partial charge in [0.2, 0.25) is 11.8 Å². The number of nitrogens with one attached hydrogen (secondary N) is 2. The van der Waals surface area contributed by atoms with Crippen LogP contribution in [0.25, 0.3) is 0 Å².